The van der Waals surface area contributed by atoms with Crippen molar-refractivity contribution in [3.63, 3.8) is 0 Å². The molecule has 0 saturated carbocycles. The Morgan fingerprint density at radius 3 is 2.96 bits per heavy atom. The summed E-state index contributed by atoms with van der Waals surface area (Å²) in [6.45, 7) is 0.517. The summed E-state index contributed by atoms with van der Waals surface area (Å²) >= 11 is 4.25. The van der Waals surface area contributed by atoms with E-state index in [4.69, 9.17) is 4.74 Å². The second-order valence-electron chi connectivity index (χ2n) is 5.38. The summed E-state index contributed by atoms with van der Waals surface area (Å²) in [5.74, 6) is -0.789. The number of aromatic nitrogens is 1. The van der Waals surface area contributed by atoms with Crippen molar-refractivity contribution in [2.75, 3.05) is 26.0 Å². The quantitative estimate of drug-likeness (QED) is 0.384. The molecule has 2 aromatic heterocycles. The van der Waals surface area contributed by atoms with Gasteiger partial charge in [-0.3, -0.25) is 4.79 Å². The van der Waals surface area contributed by atoms with Crippen molar-refractivity contribution >= 4 is 52.3 Å². The number of carbonyl (C=O) groups excluding carboxylic acids is 3. The van der Waals surface area contributed by atoms with E-state index >= 15 is 0 Å². The first-order chi connectivity index (χ1) is 13.1. The number of thiazole rings is 1. The first-order valence-electron chi connectivity index (χ1n) is 7.96. The predicted molar refractivity (Wildman–Crippen MR) is 105 cm³/mol. The third kappa shape index (κ3) is 4.96. The second-order valence-corrected chi connectivity index (χ2v) is 8.01. The van der Waals surface area contributed by atoms with Gasteiger partial charge in [-0.1, -0.05) is 11.8 Å². The molecule has 2 aromatic rings. The van der Waals surface area contributed by atoms with E-state index in [0.717, 1.165) is 10.6 Å². The minimum absolute atomic E-state index is 0.0821. The number of ether oxygens (including phenoxy) is 2. The summed E-state index contributed by atoms with van der Waals surface area (Å²) in [4.78, 5) is 41.2. The van der Waals surface area contributed by atoms with Crippen LogP contribution in [0, 0.1) is 0 Å². The van der Waals surface area contributed by atoms with Crippen LogP contribution in [0.15, 0.2) is 33.3 Å². The minimum Gasteiger partial charge on any atom is -0.466 e. The lowest BCUT2D eigenvalue weighted by molar-refractivity contribution is -0.134. The Morgan fingerprint density at radius 1 is 1.37 bits per heavy atom. The highest BCUT2D eigenvalue weighted by Gasteiger charge is 2.27. The molecule has 3 heterocycles. The Labute approximate surface area is 168 Å². The largest absolute Gasteiger partial charge is 0.466 e. The Kier molecular flexibility index (Phi) is 6.64. The molecule has 10 heteroatoms. The van der Waals surface area contributed by atoms with E-state index in [2.05, 4.69) is 9.72 Å². The molecule has 0 unspecified atom stereocenters. The zero-order valence-electron chi connectivity index (χ0n) is 14.4. The van der Waals surface area contributed by atoms with Crippen LogP contribution in [0.5, 0.6) is 0 Å². The molecule has 1 aliphatic heterocycles. The van der Waals surface area contributed by atoms with Gasteiger partial charge in [0, 0.05) is 22.9 Å². The fourth-order valence-electron chi connectivity index (χ4n) is 2.28. The van der Waals surface area contributed by atoms with Crippen LogP contribution in [0.4, 0.5) is 0 Å². The van der Waals surface area contributed by atoms with Crippen LogP contribution in [0.2, 0.25) is 0 Å². The molecule has 0 spiro atoms. The highest BCUT2D eigenvalue weighted by atomic mass is 32.2. The van der Waals surface area contributed by atoms with Gasteiger partial charge in [-0.15, -0.1) is 11.3 Å². The molecule has 1 amide bonds. The van der Waals surface area contributed by atoms with Crippen LogP contribution < -0.4 is 0 Å². The van der Waals surface area contributed by atoms with Gasteiger partial charge in [-0.2, -0.15) is 11.3 Å². The zero-order chi connectivity index (χ0) is 19.2. The number of rotatable bonds is 7. The van der Waals surface area contributed by atoms with Crippen molar-refractivity contribution in [3.05, 3.63) is 39.0 Å². The third-order valence-corrected chi connectivity index (χ3v) is 6.19. The monoisotopic (exact) mass is 424 g/mol. The van der Waals surface area contributed by atoms with Crippen molar-refractivity contribution in [1.29, 1.82) is 0 Å². The topological polar surface area (TPSA) is 85.8 Å². The Balaban J connectivity index is 1.48. The van der Waals surface area contributed by atoms with E-state index in [-0.39, 0.29) is 24.0 Å². The molecule has 1 fully saturated rings. The minimum atomic E-state index is -0.506. The van der Waals surface area contributed by atoms with Crippen LogP contribution in [0.3, 0.4) is 0 Å². The van der Waals surface area contributed by atoms with E-state index in [0.29, 0.717) is 18.0 Å². The number of hydrogen-bond acceptors (Lipinski definition) is 9. The Morgan fingerprint density at radius 2 is 2.22 bits per heavy atom. The number of hydrogen-bond donors (Lipinski definition) is 0. The summed E-state index contributed by atoms with van der Waals surface area (Å²) in [6, 6.07) is 1.95. The number of nitrogens with zero attached hydrogens (tertiary/aromatic N) is 2. The van der Waals surface area contributed by atoms with Crippen LogP contribution in [-0.4, -0.2) is 53.7 Å². The maximum atomic E-state index is 12.1. The van der Waals surface area contributed by atoms with Gasteiger partial charge in [0.1, 0.15) is 5.01 Å². The summed E-state index contributed by atoms with van der Waals surface area (Å²) in [5.41, 5.74) is 1.26. The third-order valence-electron chi connectivity index (χ3n) is 3.59. The summed E-state index contributed by atoms with van der Waals surface area (Å²) in [6.07, 6.45) is 1.75. The van der Waals surface area contributed by atoms with E-state index in [9.17, 15) is 14.4 Å². The molecular weight excluding hydrogens is 408 g/mol. The molecule has 3 rings (SSSR count). The van der Waals surface area contributed by atoms with Crippen LogP contribution in [0.1, 0.15) is 16.9 Å². The number of esters is 2. The Hall–Kier alpha value is -2.17. The van der Waals surface area contributed by atoms with Crippen LogP contribution in [-0.2, 0) is 19.1 Å². The molecule has 142 valence electrons. The zero-order valence-corrected chi connectivity index (χ0v) is 16.8. The molecule has 0 N–H and O–H groups in total. The summed E-state index contributed by atoms with van der Waals surface area (Å²) in [7, 11) is 1.28. The van der Waals surface area contributed by atoms with E-state index in [1.165, 1.54) is 41.2 Å². The van der Waals surface area contributed by atoms with E-state index in [1.54, 1.807) is 16.7 Å². The standard InChI is InChI=1S/C17H16N2O5S3/c1-23-15(21)7-14-19(13(20)10-26-14)4-2-5-24-17(22)12-9-27-16(18-12)11-3-6-25-8-11/h3,6-9H,2,4-5,10H2,1H3/b14-7+. The van der Waals surface area contributed by atoms with Gasteiger partial charge in [-0.25, -0.2) is 14.6 Å². The predicted octanol–water partition coefficient (Wildman–Crippen LogP) is 3.01. The molecular formula is C17H16N2O5S3. The molecule has 0 radical (unpaired) electrons. The summed E-state index contributed by atoms with van der Waals surface area (Å²) < 4.78 is 9.83. The van der Waals surface area contributed by atoms with Gasteiger partial charge in [0.05, 0.1) is 30.6 Å². The average Bonchev–Trinajstić information content (AvgIpc) is 3.40. The molecule has 0 aliphatic carbocycles. The van der Waals surface area contributed by atoms with Crippen molar-refractivity contribution in [2.45, 2.75) is 6.42 Å². The fourth-order valence-corrected chi connectivity index (χ4v) is 4.73. The van der Waals surface area contributed by atoms with E-state index < -0.39 is 11.9 Å². The highest BCUT2D eigenvalue weighted by Crippen LogP contribution is 2.29. The van der Waals surface area contributed by atoms with Crippen molar-refractivity contribution in [1.82, 2.24) is 9.88 Å². The lowest BCUT2D eigenvalue weighted by atomic mass is 10.3. The van der Waals surface area contributed by atoms with Crippen molar-refractivity contribution in [3.8, 4) is 10.6 Å². The van der Waals surface area contributed by atoms with Gasteiger partial charge in [0.25, 0.3) is 0 Å². The number of thioether (sulfide) groups is 1. The molecule has 0 aromatic carbocycles. The first-order valence-corrected chi connectivity index (χ1v) is 10.8. The molecule has 0 bridgehead atoms. The SMILES string of the molecule is COC(=O)/C=C1/SCC(=O)N1CCCOC(=O)c1csc(-c2ccsc2)n1. The van der Waals surface area contributed by atoms with Gasteiger partial charge in [-0.05, 0) is 17.9 Å². The summed E-state index contributed by atoms with van der Waals surface area (Å²) in [5, 5.41) is 6.93. The molecule has 7 nitrogen and oxygen atoms in total. The number of thiophene rings is 1. The van der Waals surface area contributed by atoms with Crippen molar-refractivity contribution in [2.24, 2.45) is 0 Å². The van der Waals surface area contributed by atoms with Gasteiger partial charge >= 0.3 is 11.9 Å². The molecule has 1 aliphatic rings. The lowest BCUT2D eigenvalue weighted by Gasteiger charge is -2.16. The smallest absolute Gasteiger partial charge is 0.357 e. The highest BCUT2D eigenvalue weighted by molar-refractivity contribution is 8.04. The Bertz CT molecular complexity index is 860. The van der Waals surface area contributed by atoms with E-state index in [1.807, 2.05) is 16.8 Å². The lowest BCUT2D eigenvalue weighted by Crippen LogP contribution is -2.27. The normalized spacial score (nSPS) is 15.4. The maximum absolute atomic E-state index is 12.1. The van der Waals surface area contributed by atoms with Crippen LogP contribution in [0.25, 0.3) is 10.6 Å². The van der Waals surface area contributed by atoms with Gasteiger partial charge in [0.2, 0.25) is 5.91 Å². The van der Waals surface area contributed by atoms with Gasteiger partial charge < -0.3 is 14.4 Å². The van der Waals surface area contributed by atoms with Crippen molar-refractivity contribution < 1.29 is 23.9 Å². The number of methoxy groups -OCH3 is 1. The maximum Gasteiger partial charge on any atom is 0.357 e. The number of amides is 1. The fraction of sp³-hybridized carbons (Fsp3) is 0.294. The molecule has 27 heavy (non-hydrogen) atoms. The molecule has 1 saturated heterocycles. The van der Waals surface area contributed by atoms with Crippen LogP contribution >= 0.6 is 34.4 Å². The van der Waals surface area contributed by atoms with Gasteiger partial charge in [0.15, 0.2) is 5.69 Å². The first kappa shape index (κ1) is 19.6. The second kappa shape index (κ2) is 9.16. The average molecular weight is 425 g/mol. The number of carbonyl (C=O) groups is 3. The molecule has 0 atom stereocenters.